The third-order valence-corrected chi connectivity index (χ3v) is 7.25. The van der Waals surface area contributed by atoms with E-state index >= 15 is 0 Å². The van der Waals surface area contributed by atoms with Gasteiger partial charge in [0.05, 0.1) is 11.9 Å². The van der Waals surface area contributed by atoms with Gasteiger partial charge in [-0.05, 0) is 60.3 Å². The number of nitrogens with one attached hydrogen (secondary N) is 1. The van der Waals surface area contributed by atoms with Crippen LogP contribution in [0.5, 0.6) is 0 Å². The summed E-state index contributed by atoms with van der Waals surface area (Å²) in [5.41, 5.74) is 1.39. The SMILES string of the molecule is CCC(C)NC(=O)C(C)N(CCc1ccccc1)C(=O)CN(c1ccccc1Br)S(C)(=O)=O. The van der Waals surface area contributed by atoms with Gasteiger partial charge in [-0.15, -0.1) is 0 Å². The zero-order chi connectivity index (χ0) is 24.6. The van der Waals surface area contributed by atoms with Crippen LogP contribution >= 0.6 is 15.9 Å². The fourth-order valence-corrected chi connectivity index (χ4v) is 4.76. The van der Waals surface area contributed by atoms with Crippen LogP contribution < -0.4 is 9.62 Å². The number of amides is 2. The molecule has 0 aliphatic carbocycles. The summed E-state index contributed by atoms with van der Waals surface area (Å²) in [5, 5.41) is 2.92. The summed E-state index contributed by atoms with van der Waals surface area (Å²) >= 11 is 3.37. The van der Waals surface area contributed by atoms with Crippen LogP contribution in [0.3, 0.4) is 0 Å². The molecule has 1 N–H and O–H groups in total. The lowest BCUT2D eigenvalue weighted by atomic mass is 10.1. The third kappa shape index (κ3) is 7.85. The van der Waals surface area contributed by atoms with Gasteiger partial charge in [0.1, 0.15) is 12.6 Å². The minimum Gasteiger partial charge on any atom is -0.352 e. The first kappa shape index (κ1) is 26.9. The molecule has 0 heterocycles. The Labute approximate surface area is 205 Å². The van der Waals surface area contributed by atoms with Gasteiger partial charge in [-0.3, -0.25) is 13.9 Å². The molecular weight excluding hydrogens is 506 g/mol. The van der Waals surface area contributed by atoms with Crippen LogP contribution in [0.25, 0.3) is 0 Å². The van der Waals surface area contributed by atoms with E-state index in [1.54, 1.807) is 31.2 Å². The van der Waals surface area contributed by atoms with Crippen molar-refractivity contribution in [2.24, 2.45) is 0 Å². The molecule has 0 bridgehead atoms. The van der Waals surface area contributed by atoms with E-state index in [4.69, 9.17) is 0 Å². The molecule has 0 saturated carbocycles. The Morgan fingerprint density at radius 2 is 1.64 bits per heavy atom. The van der Waals surface area contributed by atoms with Crippen LogP contribution in [0.4, 0.5) is 5.69 Å². The summed E-state index contributed by atoms with van der Waals surface area (Å²) in [6.07, 6.45) is 2.37. The number of carbonyl (C=O) groups excluding carboxylic acids is 2. The molecular formula is C24H32BrN3O4S. The molecule has 2 atom stereocenters. The second-order valence-electron chi connectivity index (χ2n) is 8.04. The molecule has 0 aliphatic heterocycles. The van der Waals surface area contributed by atoms with Crippen LogP contribution in [0.2, 0.25) is 0 Å². The number of para-hydroxylation sites is 1. The fraction of sp³-hybridized carbons (Fsp3) is 0.417. The van der Waals surface area contributed by atoms with Crippen molar-refractivity contribution in [1.29, 1.82) is 0 Å². The van der Waals surface area contributed by atoms with Crippen molar-refractivity contribution < 1.29 is 18.0 Å². The Morgan fingerprint density at radius 3 is 2.21 bits per heavy atom. The Balaban J connectivity index is 2.31. The van der Waals surface area contributed by atoms with E-state index in [0.717, 1.165) is 22.5 Å². The molecule has 0 aromatic heterocycles. The standard InChI is InChI=1S/C24H32BrN3O4S/c1-5-18(2)26-24(30)19(3)27(16-15-20-11-7-6-8-12-20)23(29)17-28(33(4,31)32)22-14-10-9-13-21(22)25/h6-14,18-19H,5,15-17H2,1-4H3,(H,26,30). The van der Waals surface area contributed by atoms with Crippen molar-refractivity contribution in [2.75, 3.05) is 23.7 Å². The van der Waals surface area contributed by atoms with Crippen molar-refractivity contribution in [3.63, 3.8) is 0 Å². The molecule has 0 aliphatic rings. The summed E-state index contributed by atoms with van der Waals surface area (Å²) in [4.78, 5) is 27.7. The van der Waals surface area contributed by atoms with E-state index < -0.39 is 28.5 Å². The molecule has 2 aromatic rings. The van der Waals surface area contributed by atoms with Gasteiger partial charge in [0.25, 0.3) is 0 Å². The second kappa shape index (κ2) is 12.2. The summed E-state index contributed by atoms with van der Waals surface area (Å²) in [5.74, 6) is -0.712. The van der Waals surface area contributed by atoms with Gasteiger partial charge in [-0.2, -0.15) is 0 Å². The summed E-state index contributed by atoms with van der Waals surface area (Å²) in [6, 6.07) is 15.7. The van der Waals surface area contributed by atoms with Crippen molar-refractivity contribution in [1.82, 2.24) is 10.2 Å². The number of rotatable bonds is 11. The van der Waals surface area contributed by atoms with Gasteiger partial charge < -0.3 is 10.2 Å². The second-order valence-corrected chi connectivity index (χ2v) is 10.8. The average Bonchev–Trinajstić information content (AvgIpc) is 2.77. The summed E-state index contributed by atoms with van der Waals surface area (Å²) in [7, 11) is -3.75. The van der Waals surface area contributed by atoms with Gasteiger partial charge in [0.15, 0.2) is 0 Å². The van der Waals surface area contributed by atoms with E-state index in [1.165, 1.54) is 4.90 Å². The highest BCUT2D eigenvalue weighted by Crippen LogP contribution is 2.27. The van der Waals surface area contributed by atoms with Crippen molar-refractivity contribution >= 4 is 43.5 Å². The van der Waals surface area contributed by atoms with E-state index in [9.17, 15) is 18.0 Å². The third-order valence-electron chi connectivity index (χ3n) is 5.45. The van der Waals surface area contributed by atoms with Crippen LogP contribution in [-0.4, -0.2) is 56.6 Å². The van der Waals surface area contributed by atoms with Crippen LogP contribution in [-0.2, 0) is 26.0 Å². The molecule has 7 nitrogen and oxygen atoms in total. The van der Waals surface area contributed by atoms with Gasteiger partial charge in [-0.25, -0.2) is 8.42 Å². The number of benzene rings is 2. The molecule has 33 heavy (non-hydrogen) atoms. The summed E-state index contributed by atoms with van der Waals surface area (Å²) < 4.78 is 26.8. The molecule has 9 heteroatoms. The van der Waals surface area contributed by atoms with E-state index in [2.05, 4.69) is 21.2 Å². The monoisotopic (exact) mass is 537 g/mol. The van der Waals surface area contributed by atoms with Crippen molar-refractivity contribution in [2.45, 2.75) is 45.7 Å². The molecule has 2 rings (SSSR count). The normalized spacial score (nSPS) is 13.1. The highest BCUT2D eigenvalue weighted by molar-refractivity contribution is 9.10. The Hall–Kier alpha value is -2.39. The molecule has 0 saturated heterocycles. The molecule has 180 valence electrons. The number of anilines is 1. The lowest BCUT2D eigenvalue weighted by Crippen LogP contribution is -2.53. The first-order chi connectivity index (χ1) is 15.5. The number of halogens is 1. The minimum atomic E-state index is -3.75. The zero-order valence-electron chi connectivity index (χ0n) is 19.5. The van der Waals surface area contributed by atoms with Crippen molar-refractivity contribution in [3.8, 4) is 0 Å². The molecule has 2 unspecified atom stereocenters. The van der Waals surface area contributed by atoms with Gasteiger partial charge in [0, 0.05) is 17.1 Å². The topological polar surface area (TPSA) is 86.8 Å². The zero-order valence-corrected chi connectivity index (χ0v) is 21.9. The lowest BCUT2D eigenvalue weighted by Gasteiger charge is -2.32. The molecule has 0 fully saturated rings. The van der Waals surface area contributed by atoms with E-state index in [1.807, 2.05) is 44.2 Å². The molecule has 2 aromatic carbocycles. The Morgan fingerprint density at radius 1 is 1.03 bits per heavy atom. The lowest BCUT2D eigenvalue weighted by molar-refractivity contribution is -0.139. The molecule has 2 amide bonds. The maximum absolute atomic E-state index is 13.4. The Kier molecular flexibility index (Phi) is 9.91. The first-order valence-electron chi connectivity index (χ1n) is 10.9. The number of sulfonamides is 1. The fourth-order valence-electron chi connectivity index (χ4n) is 3.28. The quantitative estimate of drug-likeness (QED) is 0.474. The predicted octanol–water partition coefficient (Wildman–Crippen LogP) is 3.59. The average molecular weight is 539 g/mol. The largest absolute Gasteiger partial charge is 0.352 e. The Bertz CT molecular complexity index is 1050. The number of carbonyl (C=O) groups is 2. The van der Waals surface area contributed by atoms with Gasteiger partial charge in [0.2, 0.25) is 21.8 Å². The molecule has 0 radical (unpaired) electrons. The van der Waals surface area contributed by atoms with E-state index in [0.29, 0.717) is 16.6 Å². The molecule has 0 spiro atoms. The minimum absolute atomic E-state index is 0.0289. The highest BCUT2D eigenvalue weighted by atomic mass is 79.9. The number of hydrogen-bond donors (Lipinski definition) is 1. The first-order valence-corrected chi connectivity index (χ1v) is 13.5. The summed E-state index contributed by atoms with van der Waals surface area (Å²) in [6.45, 7) is 5.42. The van der Waals surface area contributed by atoms with Crippen LogP contribution in [0, 0.1) is 0 Å². The smallest absolute Gasteiger partial charge is 0.244 e. The van der Waals surface area contributed by atoms with Crippen LogP contribution in [0.15, 0.2) is 59.1 Å². The van der Waals surface area contributed by atoms with Gasteiger partial charge in [-0.1, -0.05) is 49.4 Å². The number of hydrogen-bond acceptors (Lipinski definition) is 4. The van der Waals surface area contributed by atoms with E-state index in [-0.39, 0.29) is 18.5 Å². The van der Waals surface area contributed by atoms with Crippen LogP contribution in [0.1, 0.15) is 32.8 Å². The van der Waals surface area contributed by atoms with Crippen molar-refractivity contribution in [3.05, 3.63) is 64.6 Å². The predicted molar refractivity (Wildman–Crippen MR) is 136 cm³/mol. The highest BCUT2D eigenvalue weighted by Gasteiger charge is 2.30. The van der Waals surface area contributed by atoms with Gasteiger partial charge >= 0.3 is 0 Å². The maximum Gasteiger partial charge on any atom is 0.244 e. The number of nitrogens with zero attached hydrogens (tertiary/aromatic N) is 2. The maximum atomic E-state index is 13.4.